The van der Waals surface area contributed by atoms with E-state index < -0.39 is 0 Å². The summed E-state index contributed by atoms with van der Waals surface area (Å²) < 4.78 is 10.8. The summed E-state index contributed by atoms with van der Waals surface area (Å²) in [6.07, 6.45) is 7.59. The highest BCUT2D eigenvalue weighted by Crippen LogP contribution is 2.55. The third kappa shape index (κ3) is 3.24. The third-order valence-corrected chi connectivity index (χ3v) is 6.67. The molecule has 4 fully saturated rings. The third-order valence-electron chi connectivity index (χ3n) is 6.67. The molecule has 0 spiro atoms. The van der Waals surface area contributed by atoms with E-state index in [1.165, 1.54) is 19.3 Å². The van der Waals surface area contributed by atoms with Gasteiger partial charge in [0.2, 0.25) is 0 Å². The van der Waals surface area contributed by atoms with Gasteiger partial charge < -0.3 is 20.1 Å². The summed E-state index contributed by atoms with van der Waals surface area (Å²) in [6.45, 7) is 1.98. The van der Waals surface area contributed by atoms with Gasteiger partial charge in [0, 0.05) is 11.1 Å². The second-order valence-corrected chi connectivity index (χ2v) is 8.63. The molecule has 4 bridgehead atoms. The molecule has 2 N–H and O–H groups in total. The Morgan fingerprint density at radius 2 is 1.69 bits per heavy atom. The second kappa shape index (κ2) is 6.67. The van der Waals surface area contributed by atoms with Crippen LogP contribution in [0.3, 0.4) is 0 Å². The molecule has 1 atom stereocenters. The Kier molecular flexibility index (Phi) is 4.49. The molecule has 4 saturated carbocycles. The molecule has 0 saturated heterocycles. The summed E-state index contributed by atoms with van der Waals surface area (Å²) in [5.74, 6) is 3.97. The van der Waals surface area contributed by atoms with E-state index in [1.807, 2.05) is 25.1 Å². The molecular weight excluding hydrogens is 328 g/mol. The summed E-state index contributed by atoms with van der Waals surface area (Å²) in [4.78, 5) is 12.8. The largest absolute Gasteiger partial charge is 0.497 e. The number of rotatable bonds is 5. The van der Waals surface area contributed by atoms with Gasteiger partial charge in [-0.15, -0.1) is 0 Å². The number of ether oxygens (including phenoxy) is 2. The number of benzene rings is 1. The molecule has 0 radical (unpaired) electrons. The van der Waals surface area contributed by atoms with Crippen LogP contribution in [0.2, 0.25) is 0 Å². The SMILES string of the molecule is COc1ccc(OC)c([C@@H](C)NC(=O)NC23CC4CC(CC(C4)C2)C3)c1. The molecule has 5 rings (SSSR count). The van der Waals surface area contributed by atoms with Gasteiger partial charge in [-0.3, -0.25) is 0 Å². The lowest BCUT2D eigenvalue weighted by Crippen LogP contribution is -2.61. The van der Waals surface area contributed by atoms with E-state index >= 15 is 0 Å². The fourth-order valence-corrected chi connectivity index (χ4v) is 5.99. The maximum absolute atomic E-state index is 12.8. The topological polar surface area (TPSA) is 59.6 Å². The number of nitrogens with one attached hydrogen (secondary N) is 2. The predicted molar refractivity (Wildman–Crippen MR) is 101 cm³/mol. The van der Waals surface area contributed by atoms with Crippen LogP contribution in [0.25, 0.3) is 0 Å². The monoisotopic (exact) mass is 358 g/mol. The van der Waals surface area contributed by atoms with E-state index in [9.17, 15) is 4.79 Å². The molecule has 0 heterocycles. The fourth-order valence-electron chi connectivity index (χ4n) is 5.99. The first kappa shape index (κ1) is 17.5. The van der Waals surface area contributed by atoms with Gasteiger partial charge in [0.15, 0.2) is 0 Å². The van der Waals surface area contributed by atoms with E-state index in [0.29, 0.717) is 0 Å². The average molecular weight is 358 g/mol. The van der Waals surface area contributed by atoms with Crippen LogP contribution in [-0.2, 0) is 0 Å². The summed E-state index contributed by atoms with van der Waals surface area (Å²) in [6, 6.07) is 5.45. The number of urea groups is 1. The molecule has 5 nitrogen and oxygen atoms in total. The van der Waals surface area contributed by atoms with Gasteiger partial charge in [0.25, 0.3) is 0 Å². The molecule has 2 amide bonds. The van der Waals surface area contributed by atoms with Crippen molar-refractivity contribution in [2.75, 3.05) is 14.2 Å². The molecule has 0 unspecified atom stereocenters. The van der Waals surface area contributed by atoms with Gasteiger partial charge in [-0.25, -0.2) is 4.79 Å². The lowest BCUT2D eigenvalue weighted by molar-refractivity contribution is -0.0136. The zero-order valence-corrected chi connectivity index (χ0v) is 16.0. The number of carbonyl (C=O) groups excluding carboxylic acids is 1. The quantitative estimate of drug-likeness (QED) is 0.835. The smallest absolute Gasteiger partial charge is 0.315 e. The van der Waals surface area contributed by atoms with Gasteiger partial charge in [-0.2, -0.15) is 0 Å². The van der Waals surface area contributed by atoms with Crippen molar-refractivity contribution in [2.45, 2.75) is 57.0 Å². The number of hydrogen-bond donors (Lipinski definition) is 2. The molecule has 142 valence electrons. The average Bonchev–Trinajstić information content (AvgIpc) is 2.59. The summed E-state index contributed by atoms with van der Waals surface area (Å²) in [5.41, 5.74) is 0.948. The van der Waals surface area contributed by atoms with Gasteiger partial charge >= 0.3 is 6.03 Å². The number of carbonyl (C=O) groups is 1. The van der Waals surface area contributed by atoms with Crippen molar-refractivity contribution in [3.05, 3.63) is 23.8 Å². The molecule has 1 aromatic carbocycles. The Bertz CT molecular complexity index is 653. The first-order chi connectivity index (χ1) is 12.5. The minimum absolute atomic E-state index is 0.0248. The van der Waals surface area contributed by atoms with E-state index in [2.05, 4.69) is 10.6 Å². The Hall–Kier alpha value is -1.91. The normalized spacial score (nSPS) is 32.8. The highest BCUT2D eigenvalue weighted by molar-refractivity contribution is 5.75. The van der Waals surface area contributed by atoms with Crippen LogP contribution in [0.4, 0.5) is 4.79 Å². The van der Waals surface area contributed by atoms with Crippen molar-refractivity contribution in [1.82, 2.24) is 10.6 Å². The van der Waals surface area contributed by atoms with Crippen LogP contribution in [0.15, 0.2) is 18.2 Å². The van der Waals surface area contributed by atoms with Crippen molar-refractivity contribution in [2.24, 2.45) is 17.8 Å². The summed E-state index contributed by atoms with van der Waals surface area (Å²) in [5, 5.41) is 6.48. The molecule has 5 heteroatoms. The van der Waals surface area contributed by atoms with Gasteiger partial charge in [-0.05, 0) is 81.4 Å². The number of amides is 2. The Labute approximate surface area is 155 Å². The van der Waals surface area contributed by atoms with Crippen LogP contribution in [0.1, 0.15) is 57.1 Å². The van der Waals surface area contributed by atoms with Gasteiger partial charge in [-0.1, -0.05) is 0 Å². The van der Waals surface area contributed by atoms with Crippen LogP contribution in [-0.4, -0.2) is 25.8 Å². The van der Waals surface area contributed by atoms with Gasteiger partial charge in [0.1, 0.15) is 11.5 Å². The zero-order valence-electron chi connectivity index (χ0n) is 16.0. The van der Waals surface area contributed by atoms with Crippen molar-refractivity contribution < 1.29 is 14.3 Å². The highest BCUT2D eigenvalue weighted by Gasteiger charge is 2.51. The Morgan fingerprint density at radius 3 is 2.23 bits per heavy atom. The molecule has 1 aromatic rings. The van der Waals surface area contributed by atoms with Crippen molar-refractivity contribution in [1.29, 1.82) is 0 Å². The Morgan fingerprint density at radius 1 is 1.08 bits per heavy atom. The lowest BCUT2D eigenvalue weighted by atomic mass is 9.53. The maximum atomic E-state index is 12.8. The van der Waals surface area contributed by atoms with Crippen LogP contribution in [0, 0.1) is 17.8 Å². The summed E-state index contributed by atoms with van der Waals surface area (Å²) >= 11 is 0. The molecule has 26 heavy (non-hydrogen) atoms. The molecule has 4 aliphatic rings. The standard InChI is InChI=1S/C21H30N2O3/c1-13(18-9-17(25-2)4-5-19(18)26-3)22-20(24)23-21-10-14-6-15(11-21)8-16(7-14)12-21/h4-5,9,13-16H,6-8,10-12H2,1-3H3,(H2,22,23,24)/t13-,14?,15?,16?,21?/m1/s1. The predicted octanol–water partition coefficient (Wildman–Crippen LogP) is 4.03. The first-order valence-corrected chi connectivity index (χ1v) is 9.81. The Balaban J connectivity index is 1.44. The minimum atomic E-state index is -0.158. The number of hydrogen-bond acceptors (Lipinski definition) is 3. The van der Waals surface area contributed by atoms with Crippen LogP contribution < -0.4 is 20.1 Å². The van der Waals surface area contributed by atoms with Crippen LogP contribution in [0.5, 0.6) is 11.5 Å². The van der Waals surface area contributed by atoms with Crippen LogP contribution >= 0.6 is 0 Å². The first-order valence-electron chi connectivity index (χ1n) is 9.81. The van der Waals surface area contributed by atoms with E-state index in [1.54, 1.807) is 14.2 Å². The highest BCUT2D eigenvalue weighted by atomic mass is 16.5. The number of methoxy groups -OCH3 is 2. The molecule has 0 aromatic heterocycles. The fraction of sp³-hybridized carbons (Fsp3) is 0.667. The van der Waals surface area contributed by atoms with E-state index in [0.717, 1.165) is 54.1 Å². The van der Waals surface area contributed by atoms with Gasteiger partial charge in [0.05, 0.1) is 20.3 Å². The second-order valence-electron chi connectivity index (χ2n) is 8.63. The maximum Gasteiger partial charge on any atom is 0.315 e. The van der Waals surface area contributed by atoms with E-state index in [-0.39, 0.29) is 17.6 Å². The zero-order chi connectivity index (χ0) is 18.3. The lowest BCUT2D eigenvalue weighted by Gasteiger charge is -2.56. The summed E-state index contributed by atoms with van der Waals surface area (Å²) in [7, 11) is 3.29. The minimum Gasteiger partial charge on any atom is -0.497 e. The van der Waals surface area contributed by atoms with Crippen molar-refractivity contribution in [3.8, 4) is 11.5 Å². The molecule has 0 aliphatic heterocycles. The van der Waals surface area contributed by atoms with Crippen molar-refractivity contribution in [3.63, 3.8) is 0 Å². The molecule has 4 aliphatic carbocycles. The van der Waals surface area contributed by atoms with Crippen molar-refractivity contribution >= 4 is 6.03 Å². The molecular formula is C21H30N2O3. The van der Waals surface area contributed by atoms with E-state index in [4.69, 9.17) is 9.47 Å².